The van der Waals surface area contributed by atoms with Crippen LogP contribution in [-0.4, -0.2) is 58.8 Å². The van der Waals surface area contributed by atoms with Crippen LogP contribution in [-0.2, 0) is 31.8 Å². The number of likely N-dealkylation sites (tertiary alicyclic amines) is 1. The van der Waals surface area contributed by atoms with Crippen molar-refractivity contribution in [3.8, 4) is 5.88 Å². The molecule has 2 saturated heterocycles. The number of carboxylic acid groups (broad SMARTS) is 1. The Kier molecular flexibility index (Phi) is 9.22. The fourth-order valence-corrected chi connectivity index (χ4v) is 6.11. The van der Waals surface area contributed by atoms with Crippen LogP contribution in [0.3, 0.4) is 0 Å². The topological polar surface area (TPSA) is 98.2 Å². The first-order valence-corrected chi connectivity index (χ1v) is 14.1. The van der Waals surface area contributed by atoms with Crippen LogP contribution >= 0.6 is 0 Å². The number of carbonyl (C=O) groups excluding carboxylic acids is 1. The number of carboxylic acids is 1. The number of aromatic nitrogens is 1. The van der Waals surface area contributed by atoms with Gasteiger partial charge in [0, 0.05) is 24.3 Å². The van der Waals surface area contributed by atoms with Gasteiger partial charge in [-0.05, 0) is 41.4 Å². The largest absolute Gasteiger partial charge is 0.481 e. The van der Waals surface area contributed by atoms with Gasteiger partial charge in [0.25, 0.3) is 5.91 Å². The molecule has 4 unspecified atom stereocenters. The van der Waals surface area contributed by atoms with Crippen LogP contribution in [0.15, 0.2) is 36.5 Å². The monoisotopic (exact) mass is 592 g/mol. The lowest BCUT2D eigenvalue weighted by Crippen LogP contribution is -2.50. The molecule has 42 heavy (non-hydrogen) atoms. The molecule has 1 aromatic carbocycles. The molecular weight excluding hydrogens is 553 g/mol. The van der Waals surface area contributed by atoms with E-state index in [4.69, 9.17) is 14.2 Å². The molecule has 2 aromatic rings. The van der Waals surface area contributed by atoms with Crippen molar-refractivity contribution >= 4 is 11.9 Å². The van der Waals surface area contributed by atoms with E-state index in [1.165, 1.54) is 12.0 Å². The van der Waals surface area contributed by atoms with Gasteiger partial charge >= 0.3 is 12.1 Å². The van der Waals surface area contributed by atoms with E-state index in [1.54, 1.807) is 0 Å². The summed E-state index contributed by atoms with van der Waals surface area (Å²) in [5.41, 5.74) is 0.102. The molecule has 0 bridgehead atoms. The summed E-state index contributed by atoms with van der Waals surface area (Å²) in [6, 6.07) is 6.41. The Morgan fingerprint density at radius 2 is 1.90 bits per heavy atom. The van der Waals surface area contributed by atoms with Crippen molar-refractivity contribution in [1.82, 2.24) is 9.88 Å². The zero-order valence-corrected chi connectivity index (χ0v) is 24.8. The second-order valence-corrected chi connectivity index (χ2v) is 12.4. The van der Waals surface area contributed by atoms with E-state index in [9.17, 15) is 27.9 Å². The maximum absolute atomic E-state index is 14.0. The lowest BCUT2D eigenvalue weighted by Gasteiger charge is -2.35. The highest BCUT2D eigenvalue weighted by molar-refractivity contribution is 5.88. The number of benzene rings is 1. The van der Waals surface area contributed by atoms with Gasteiger partial charge in [0.1, 0.15) is 12.1 Å². The molecule has 2 fully saturated rings. The average molecular weight is 593 g/mol. The molecule has 4 rings (SSSR count). The van der Waals surface area contributed by atoms with Gasteiger partial charge in [-0.2, -0.15) is 13.2 Å². The van der Waals surface area contributed by atoms with Crippen LogP contribution in [0, 0.1) is 11.3 Å². The quantitative estimate of drug-likeness (QED) is 0.402. The van der Waals surface area contributed by atoms with Crippen LogP contribution in [0.1, 0.15) is 81.7 Å². The van der Waals surface area contributed by atoms with Crippen molar-refractivity contribution in [3.63, 3.8) is 0 Å². The fraction of sp³-hybridized carbons (Fsp3) is 0.581. The lowest BCUT2D eigenvalue weighted by atomic mass is 9.73. The van der Waals surface area contributed by atoms with Gasteiger partial charge in [-0.1, -0.05) is 58.9 Å². The Labute approximate surface area is 244 Å². The summed E-state index contributed by atoms with van der Waals surface area (Å²) in [5.74, 6) is -2.22. The third-order valence-corrected chi connectivity index (χ3v) is 8.11. The summed E-state index contributed by atoms with van der Waals surface area (Å²) in [6.07, 6.45) is -4.46. The minimum atomic E-state index is -4.63. The van der Waals surface area contributed by atoms with Gasteiger partial charge in [0.2, 0.25) is 5.88 Å². The third kappa shape index (κ3) is 6.41. The Hall–Kier alpha value is -3.18. The number of rotatable bonds is 8. The van der Waals surface area contributed by atoms with E-state index in [0.29, 0.717) is 31.2 Å². The van der Waals surface area contributed by atoms with E-state index < -0.39 is 59.2 Å². The summed E-state index contributed by atoms with van der Waals surface area (Å²) in [7, 11) is 1.30. The fourth-order valence-electron chi connectivity index (χ4n) is 6.11. The van der Waals surface area contributed by atoms with Crippen LogP contribution in [0.2, 0.25) is 0 Å². The van der Waals surface area contributed by atoms with Crippen molar-refractivity contribution in [3.05, 3.63) is 58.8 Å². The minimum absolute atomic E-state index is 0.0336. The Morgan fingerprint density at radius 1 is 1.19 bits per heavy atom. The molecular formula is C31H39F3N2O6. The molecule has 0 aliphatic carbocycles. The maximum Gasteiger partial charge on any atom is 0.417 e. The number of alkyl halides is 3. The van der Waals surface area contributed by atoms with Gasteiger partial charge in [0.05, 0.1) is 31.4 Å². The number of pyridine rings is 1. The van der Waals surface area contributed by atoms with Gasteiger partial charge < -0.3 is 24.2 Å². The first kappa shape index (κ1) is 31.7. The number of aliphatic carboxylic acids is 1. The van der Waals surface area contributed by atoms with Crippen molar-refractivity contribution in [1.29, 1.82) is 0 Å². The number of methoxy groups -OCH3 is 1. The number of hydrogen-bond acceptors (Lipinski definition) is 6. The molecule has 0 saturated carbocycles. The lowest BCUT2D eigenvalue weighted by molar-refractivity contribution is -0.156. The van der Waals surface area contributed by atoms with E-state index in [2.05, 4.69) is 4.98 Å². The van der Waals surface area contributed by atoms with Crippen LogP contribution in [0.5, 0.6) is 5.88 Å². The second-order valence-electron chi connectivity index (χ2n) is 12.4. The Bertz CT molecular complexity index is 1290. The maximum atomic E-state index is 14.0. The smallest absolute Gasteiger partial charge is 0.417 e. The predicted octanol–water partition coefficient (Wildman–Crippen LogP) is 6.00. The second kappa shape index (κ2) is 12.2. The molecule has 11 heteroatoms. The number of ether oxygens (including phenoxy) is 3. The summed E-state index contributed by atoms with van der Waals surface area (Å²) >= 11 is 0. The molecule has 3 heterocycles. The highest BCUT2D eigenvalue weighted by Crippen LogP contribution is 2.50. The standard InChI is InChI=1S/C31H39F3N2O6/c1-17(2)18-9-7-10-19(13-18)24-26(42-16-20-14-21(31(32,33)34)15-35-27(20)40-6)23(30(3,4)5)25(29(38)39)36(24)28(37)22-11-8-12-41-22/h7,9-10,13-15,17,22-26H,8,11-12,16H2,1-6H3,(H,38,39)/t22-,23?,24?,25?,26?/m0/s1. The summed E-state index contributed by atoms with van der Waals surface area (Å²) in [6.45, 7) is 9.74. The SMILES string of the molecule is COc1ncc(C(F)(F)F)cc1COC1C(c2cccc(C(C)C)c2)N(C(=O)[C@@H]2CCCO2)C(C(=O)O)C1C(C)(C)C. The molecule has 2 aliphatic heterocycles. The highest BCUT2D eigenvalue weighted by atomic mass is 19.4. The van der Waals surface area contributed by atoms with Crippen LogP contribution in [0.25, 0.3) is 0 Å². The molecule has 0 spiro atoms. The number of hydrogen-bond donors (Lipinski definition) is 1. The molecule has 8 nitrogen and oxygen atoms in total. The third-order valence-electron chi connectivity index (χ3n) is 8.11. The molecule has 1 aromatic heterocycles. The van der Waals surface area contributed by atoms with E-state index >= 15 is 0 Å². The highest BCUT2D eigenvalue weighted by Gasteiger charge is 2.59. The van der Waals surface area contributed by atoms with Gasteiger partial charge in [-0.3, -0.25) is 4.79 Å². The van der Waals surface area contributed by atoms with Crippen molar-refractivity contribution in [2.45, 2.75) is 90.5 Å². The molecule has 0 radical (unpaired) electrons. The van der Waals surface area contributed by atoms with Crippen molar-refractivity contribution in [2.24, 2.45) is 11.3 Å². The molecule has 1 N–H and O–H groups in total. The summed E-state index contributed by atoms with van der Waals surface area (Å²) in [5, 5.41) is 10.6. The van der Waals surface area contributed by atoms with E-state index in [0.717, 1.165) is 11.6 Å². The van der Waals surface area contributed by atoms with Gasteiger partial charge in [0.15, 0.2) is 0 Å². The average Bonchev–Trinajstić information content (AvgIpc) is 3.57. The van der Waals surface area contributed by atoms with Crippen LogP contribution < -0.4 is 4.74 Å². The van der Waals surface area contributed by atoms with Crippen LogP contribution in [0.4, 0.5) is 13.2 Å². The molecule has 1 amide bonds. The number of carbonyl (C=O) groups is 2. The summed E-state index contributed by atoms with van der Waals surface area (Å²) < 4.78 is 58.0. The number of halogens is 3. The van der Waals surface area contributed by atoms with E-state index in [1.807, 2.05) is 58.9 Å². The minimum Gasteiger partial charge on any atom is -0.481 e. The first-order valence-electron chi connectivity index (χ1n) is 14.1. The summed E-state index contributed by atoms with van der Waals surface area (Å²) in [4.78, 5) is 32.2. The van der Waals surface area contributed by atoms with Crippen molar-refractivity contribution < 1.29 is 42.1 Å². The van der Waals surface area contributed by atoms with Crippen molar-refractivity contribution in [2.75, 3.05) is 13.7 Å². The Morgan fingerprint density at radius 3 is 2.45 bits per heavy atom. The van der Waals surface area contributed by atoms with Gasteiger partial charge in [-0.15, -0.1) is 0 Å². The number of amides is 1. The predicted molar refractivity (Wildman–Crippen MR) is 148 cm³/mol. The molecule has 5 atom stereocenters. The zero-order chi connectivity index (χ0) is 31.0. The Balaban J connectivity index is 1.86. The first-order chi connectivity index (χ1) is 19.6. The van der Waals surface area contributed by atoms with Gasteiger partial charge in [-0.25, -0.2) is 9.78 Å². The number of nitrogens with zero attached hydrogens (tertiary/aromatic N) is 2. The normalized spacial score (nSPS) is 24.8. The molecule has 230 valence electrons. The van der Waals surface area contributed by atoms with E-state index in [-0.39, 0.29) is 24.0 Å². The molecule has 2 aliphatic rings. The zero-order valence-electron chi connectivity index (χ0n) is 24.8.